The molecule has 2 fully saturated rings. The molecule has 0 radical (unpaired) electrons. The second kappa shape index (κ2) is 3.98. The Morgan fingerprint density at radius 1 is 1.50 bits per heavy atom. The minimum Gasteiger partial charge on any atom is -0.465 e. The average molecular weight is 267 g/mol. The third kappa shape index (κ3) is 1.86. The molecule has 96 valence electrons. The van der Waals surface area contributed by atoms with Crippen LogP contribution in [0.5, 0.6) is 0 Å². The SMILES string of the molecule is O=C(/C=C/c1ccco1)N1CC2CC1CS2(=O)=O. The Labute approximate surface area is 105 Å². The molecule has 2 bridgehead atoms. The van der Waals surface area contributed by atoms with Gasteiger partial charge in [-0.05, 0) is 24.6 Å². The summed E-state index contributed by atoms with van der Waals surface area (Å²) in [6.07, 6.45) is 5.16. The third-order valence-electron chi connectivity index (χ3n) is 3.53. The maximum Gasteiger partial charge on any atom is 0.247 e. The van der Waals surface area contributed by atoms with Crippen LogP contribution in [0.2, 0.25) is 0 Å². The first-order valence-electron chi connectivity index (χ1n) is 5.80. The summed E-state index contributed by atoms with van der Waals surface area (Å²) in [6, 6.07) is 3.35. The first kappa shape index (κ1) is 11.5. The van der Waals surface area contributed by atoms with Gasteiger partial charge in [-0.1, -0.05) is 0 Å². The van der Waals surface area contributed by atoms with E-state index in [0.29, 0.717) is 18.7 Å². The predicted octanol–water partition coefficient (Wildman–Crippen LogP) is 0.691. The normalized spacial score (nSPS) is 29.2. The van der Waals surface area contributed by atoms with Gasteiger partial charge in [-0.15, -0.1) is 0 Å². The van der Waals surface area contributed by atoms with Crippen LogP contribution < -0.4 is 0 Å². The van der Waals surface area contributed by atoms with E-state index in [-0.39, 0.29) is 23.0 Å². The van der Waals surface area contributed by atoms with E-state index in [1.807, 2.05) is 0 Å². The highest BCUT2D eigenvalue weighted by Crippen LogP contribution is 2.32. The highest BCUT2D eigenvalue weighted by atomic mass is 32.2. The fourth-order valence-corrected chi connectivity index (χ4v) is 4.63. The summed E-state index contributed by atoms with van der Waals surface area (Å²) in [5.41, 5.74) is 0. The Hall–Kier alpha value is -1.56. The van der Waals surface area contributed by atoms with E-state index in [2.05, 4.69) is 0 Å². The predicted molar refractivity (Wildman–Crippen MR) is 65.4 cm³/mol. The van der Waals surface area contributed by atoms with E-state index in [0.717, 1.165) is 0 Å². The Morgan fingerprint density at radius 3 is 2.89 bits per heavy atom. The number of carbonyl (C=O) groups is 1. The maximum atomic E-state index is 11.9. The van der Waals surface area contributed by atoms with Crippen molar-refractivity contribution in [3.8, 4) is 0 Å². The number of nitrogens with zero attached hydrogens (tertiary/aromatic N) is 1. The minimum atomic E-state index is -2.95. The second-order valence-electron chi connectivity index (χ2n) is 4.68. The summed E-state index contributed by atoms with van der Waals surface area (Å²) in [5, 5.41) is -0.358. The van der Waals surface area contributed by atoms with Gasteiger partial charge in [0.25, 0.3) is 0 Å². The average Bonchev–Trinajstić information content (AvgIpc) is 2.98. The lowest BCUT2D eigenvalue weighted by Crippen LogP contribution is -2.43. The molecule has 2 unspecified atom stereocenters. The highest BCUT2D eigenvalue weighted by Gasteiger charge is 2.49. The molecule has 2 saturated heterocycles. The largest absolute Gasteiger partial charge is 0.465 e. The number of furan rings is 1. The van der Waals surface area contributed by atoms with E-state index in [9.17, 15) is 13.2 Å². The number of sulfone groups is 1. The molecule has 18 heavy (non-hydrogen) atoms. The van der Waals surface area contributed by atoms with Gasteiger partial charge in [0, 0.05) is 18.7 Å². The van der Waals surface area contributed by atoms with E-state index in [1.165, 1.54) is 12.3 Å². The summed E-state index contributed by atoms with van der Waals surface area (Å²) in [4.78, 5) is 13.6. The Bertz CT molecular complexity index is 588. The van der Waals surface area contributed by atoms with Crippen LogP contribution in [0.1, 0.15) is 12.2 Å². The van der Waals surface area contributed by atoms with Crippen LogP contribution in [0, 0.1) is 0 Å². The fraction of sp³-hybridized carbons (Fsp3) is 0.417. The lowest BCUT2D eigenvalue weighted by molar-refractivity contribution is -0.126. The van der Waals surface area contributed by atoms with Crippen molar-refractivity contribution < 1.29 is 17.6 Å². The molecule has 2 aliphatic rings. The van der Waals surface area contributed by atoms with Crippen molar-refractivity contribution >= 4 is 21.8 Å². The summed E-state index contributed by atoms with van der Waals surface area (Å²) < 4.78 is 28.2. The summed E-state index contributed by atoms with van der Waals surface area (Å²) in [5.74, 6) is 0.576. The van der Waals surface area contributed by atoms with E-state index >= 15 is 0 Å². The molecular formula is C12H13NO4S. The van der Waals surface area contributed by atoms with Gasteiger partial charge in [-0.3, -0.25) is 4.79 Å². The minimum absolute atomic E-state index is 0.109. The van der Waals surface area contributed by atoms with Crippen molar-refractivity contribution in [2.45, 2.75) is 17.7 Å². The molecule has 0 N–H and O–H groups in total. The van der Waals surface area contributed by atoms with Gasteiger partial charge in [0.1, 0.15) is 5.76 Å². The molecule has 0 aliphatic carbocycles. The van der Waals surface area contributed by atoms with Gasteiger partial charge in [-0.2, -0.15) is 0 Å². The molecule has 1 aromatic heterocycles. The molecule has 0 aromatic carbocycles. The van der Waals surface area contributed by atoms with Crippen LogP contribution >= 0.6 is 0 Å². The molecule has 6 heteroatoms. The number of hydrogen-bond donors (Lipinski definition) is 0. The molecular weight excluding hydrogens is 254 g/mol. The molecule has 3 heterocycles. The number of hydrogen-bond acceptors (Lipinski definition) is 4. The van der Waals surface area contributed by atoms with E-state index < -0.39 is 9.84 Å². The molecule has 1 aromatic rings. The van der Waals surface area contributed by atoms with Crippen molar-refractivity contribution in [1.29, 1.82) is 0 Å². The third-order valence-corrected chi connectivity index (χ3v) is 5.73. The zero-order valence-electron chi connectivity index (χ0n) is 9.65. The monoisotopic (exact) mass is 267 g/mol. The molecule has 1 amide bonds. The van der Waals surface area contributed by atoms with Crippen LogP contribution in [-0.4, -0.2) is 42.8 Å². The van der Waals surface area contributed by atoms with Crippen molar-refractivity contribution in [3.05, 3.63) is 30.2 Å². The van der Waals surface area contributed by atoms with E-state index in [1.54, 1.807) is 23.1 Å². The fourth-order valence-electron chi connectivity index (χ4n) is 2.60. The van der Waals surface area contributed by atoms with Crippen LogP contribution in [0.15, 0.2) is 28.9 Å². The first-order valence-corrected chi connectivity index (χ1v) is 7.51. The van der Waals surface area contributed by atoms with Crippen molar-refractivity contribution in [1.82, 2.24) is 4.90 Å². The first-order chi connectivity index (χ1) is 8.56. The molecule has 3 rings (SSSR count). The summed E-state index contributed by atoms with van der Waals surface area (Å²) >= 11 is 0. The zero-order valence-corrected chi connectivity index (χ0v) is 10.5. The molecule has 2 atom stereocenters. The van der Waals surface area contributed by atoms with Gasteiger partial charge in [0.15, 0.2) is 9.84 Å². The van der Waals surface area contributed by atoms with Gasteiger partial charge in [-0.25, -0.2) is 8.42 Å². The maximum absolute atomic E-state index is 11.9. The van der Waals surface area contributed by atoms with E-state index in [4.69, 9.17) is 4.42 Å². The lowest BCUT2D eigenvalue weighted by Gasteiger charge is -2.25. The van der Waals surface area contributed by atoms with Gasteiger partial charge in [0.2, 0.25) is 5.91 Å². The Morgan fingerprint density at radius 2 is 2.33 bits per heavy atom. The zero-order chi connectivity index (χ0) is 12.8. The quantitative estimate of drug-likeness (QED) is 0.739. The molecule has 2 aliphatic heterocycles. The molecule has 5 nitrogen and oxygen atoms in total. The van der Waals surface area contributed by atoms with Crippen LogP contribution in [0.4, 0.5) is 0 Å². The van der Waals surface area contributed by atoms with Gasteiger partial charge >= 0.3 is 0 Å². The molecule has 0 saturated carbocycles. The van der Waals surface area contributed by atoms with Crippen LogP contribution in [-0.2, 0) is 14.6 Å². The van der Waals surface area contributed by atoms with Crippen molar-refractivity contribution in [2.75, 3.05) is 12.3 Å². The van der Waals surface area contributed by atoms with Gasteiger partial charge < -0.3 is 9.32 Å². The van der Waals surface area contributed by atoms with Crippen LogP contribution in [0.25, 0.3) is 6.08 Å². The Balaban J connectivity index is 1.69. The summed E-state index contributed by atoms with van der Waals surface area (Å²) in [6.45, 7) is 0.328. The van der Waals surface area contributed by atoms with Gasteiger partial charge in [0.05, 0.1) is 17.3 Å². The number of rotatable bonds is 2. The second-order valence-corrected chi connectivity index (χ2v) is 7.01. The lowest BCUT2D eigenvalue weighted by atomic mass is 10.2. The van der Waals surface area contributed by atoms with Crippen LogP contribution in [0.3, 0.4) is 0 Å². The summed E-state index contributed by atoms with van der Waals surface area (Å²) in [7, 11) is -2.95. The number of carbonyl (C=O) groups excluding carboxylic acids is 1. The number of fused-ring (bicyclic) bond motifs is 2. The smallest absolute Gasteiger partial charge is 0.247 e. The number of amides is 1. The standard InChI is InChI=1S/C12H13NO4S/c14-12(4-3-10-2-1-5-17-10)13-7-11-6-9(13)8-18(11,15)16/h1-5,9,11H,6-8H2/b4-3+. The number of likely N-dealkylation sites (tertiary alicyclic amines) is 1. The van der Waals surface area contributed by atoms with Crippen molar-refractivity contribution in [2.24, 2.45) is 0 Å². The Kier molecular flexibility index (Phi) is 2.55. The highest BCUT2D eigenvalue weighted by molar-refractivity contribution is 7.92. The molecule has 0 spiro atoms. The van der Waals surface area contributed by atoms with Crippen molar-refractivity contribution in [3.63, 3.8) is 0 Å². The topological polar surface area (TPSA) is 67.6 Å².